The molecule has 0 aromatic carbocycles. The zero-order valence-electron chi connectivity index (χ0n) is 18.4. The van der Waals surface area contributed by atoms with Crippen LogP contribution in [0.3, 0.4) is 0 Å². The number of carbonyl (C=O) groups is 1. The van der Waals surface area contributed by atoms with Gasteiger partial charge in [-0.05, 0) is 44.9 Å². The molecule has 1 amide bonds. The van der Waals surface area contributed by atoms with Gasteiger partial charge in [-0.1, -0.05) is 19.8 Å². The van der Waals surface area contributed by atoms with Gasteiger partial charge in [0.1, 0.15) is 5.82 Å². The number of nitrogens with one attached hydrogen (secondary N) is 1. The summed E-state index contributed by atoms with van der Waals surface area (Å²) in [5.41, 5.74) is 1.14. The number of amides is 1. The van der Waals surface area contributed by atoms with E-state index in [2.05, 4.69) is 22.2 Å². The lowest BCUT2D eigenvalue weighted by atomic mass is 9.88. The molecule has 170 valence electrons. The molecule has 1 unspecified atom stereocenters. The lowest BCUT2D eigenvalue weighted by Crippen LogP contribution is -2.41. The number of hydrogen-bond acceptors (Lipinski definition) is 6. The Hall–Kier alpha value is -1.78. The molecule has 10 heteroatoms. The van der Waals surface area contributed by atoms with Gasteiger partial charge < -0.3 is 9.88 Å². The van der Waals surface area contributed by atoms with E-state index < -0.39 is 10.0 Å². The highest BCUT2D eigenvalue weighted by Crippen LogP contribution is 2.34. The minimum absolute atomic E-state index is 0.0538. The van der Waals surface area contributed by atoms with Crippen LogP contribution in [0.4, 0.5) is 5.13 Å². The average molecular weight is 466 g/mol. The fraction of sp³-hybridized carbons (Fsp3) is 0.667. The van der Waals surface area contributed by atoms with Crippen LogP contribution < -0.4 is 5.32 Å². The molecule has 0 radical (unpaired) electrons. The third-order valence-corrected chi connectivity index (χ3v) is 9.29. The smallest absolute Gasteiger partial charge is 0.262 e. The van der Waals surface area contributed by atoms with Crippen LogP contribution in [0.5, 0.6) is 0 Å². The first-order valence-electron chi connectivity index (χ1n) is 11.1. The number of piperidine rings is 1. The van der Waals surface area contributed by atoms with E-state index >= 15 is 0 Å². The second-order valence-electron chi connectivity index (χ2n) is 8.69. The van der Waals surface area contributed by atoms with Crippen LogP contribution in [-0.2, 0) is 34.7 Å². The zero-order chi connectivity index (χ0) is 22.2. The molecule has 1 aliphatic heterocycles. The molecule has 0 spiro atoms. The van der Waals surface area contributed by atoms with Crippen LogP contribution in [0.2, 0.25) is 0 Å². The summed E-state index contributed by atoms with van der Waals surface area (Å²) in [4.78, 5) is 22.9. The van der Waals surface area contributed by atoms with Crippen LogP contribution in [-0.4, -0.2) is 46.3 Å². The standard InChI is InChI=1S/C21H31N5O3S2/c1-4-5-15-6-7-17-18(12-15)30-21(23-17)24-20(27)16-8-10-26(11-9-16)31(28,29)19-13-25(3)14(2)22-19/h13,15-16H,4-12H2,1-3H3,(H,23,24,27). The van der Waals surface area contributed by atoms with Crippen molar-refractivity contribution >= 4 is 32.4 Å². The number of anilines is 1. The van der Waals surface area contributed by atoms with Gasteiger partial charge in [0.2, 0.25) is 5.91 Å². The SMILES string of the molecule is CCCC1CCc2nc(NC(=O)C3CCN(S(=O)(=O)c4cn(C)c(C)n4)CC3)sc2C1. The maximum atomic E-state index is 12.8. The van der Waals surface area contributed by atoms with E-state index in [-0.39, 0.29) is 16.9 Å². The van der Waals surface area contributed by atoms with Gasteiger partial charge >= 0.3 is 0 Å². The van der Waals surface area contributed by atoms with Gasteiger partial charge in [0, 0.05) is 37.1 Å². The summed E-state index contributed by atoms with van der Waals surface area (Å²) in [6.07, 6.45) is 8.24. The third kappa shape index (κ3) is 4.70. The van der Waals surface area contributed by atoms with E-state index in [1.165, 1.54) is 28.4 Å². The average Bonchev–Trinajstić information content (AvgIpc) is 3.30. The second kappa shape index (κ2) is 8.99. The zero-order valence-corrected chi connectivity index (χ0v) is 20.1. The number of fused-ring (bicyclic) bond motifs is 1. The molecule has 2 aliphatic rings. The first-order valence-corrected chi connectivity index (χ1v) is 13.3. The van der Waals surface area contributed by atoms with Crippen molar-refractivity contribution < 1.29 is 13.2 Å². The van der Waals surface area contributed by atoms with E-state index in [1.54, 1.807) is 36.1 Å². The van der Waals surface area contributed by atoms with Crippen LogP contribution in [0.15, 0.2) is 11.2 Å². The fourth-order valence-electron chi connectivity index (χ4n) is 4.50. The predicted molar refractivity (Wildman–Crippen MR) is 121 cm³/mol. The number of nitrogens with zero attached hydrogens (tertiary/aromatic N) is 4. The largest absolute Gasteiger partial charge is 0.337 e. The summed E-state index contributed by atoms with van der Waals surface area (Å²) >= 11 is 1.60. The Morgan fingerprint density at radius 1 is 1.26 bits per heavy atom. The molecule has 0 bridgehead atoms. The predicted octanol–water partition coefficient (Wildman–Crippen LogP) is 3.13. The van der Waals surface area contributed by atoms with Gasteiger partial charge in [0.25, 0.3) is 10.0 Å². The normalized spacial score (nSPS) is 20.5. The second-order valence-corrected chi connectivity index (χ2v) is 11.7. The minimum atomic E-state index is -3.62. The molecule has 1 saturated heterocycles. The van der Waals surface area contributed by atoms with Crippen molar-refractivity contribution in [1.82, 2.24) is 18.8 Å². The number of rotatable bonds is 6. The van der Waals surface area contributed by atoms with Crippen LogP contribution in [0, 0.1) is 18.8 Å². The Kier molecular flexibility index (Phi) is 6.50. The Bertz CT molecular complexity index is 1030. The molecule has 1 aliphatic carbocycles. The number of carbonyl (C=O) groups excluding carboxylic acids is 1. The Morgan fingerprint density at radius 2 is 2.00 bits per heavy atom. The molecule has 1 fully saturated rings. The topological polar surface area (TPSA) is 97.2 Å². The van der Waals surface area contributed by atoms with E-state index in [0.717, 1.165) is 24.5 Å². The highest BCUT2D eigenvalue weighted by molar-refractivity contribution is 7.89. The first kappa shape index (κ1) is 22.4. The van der Waals surface area contributed by atoms with Crippen molar-refractivity contribution in [2.75, 3.05) is 18.4 Å². The lowest BCUT2D eigenvalue weighted by molar-refractivity contribution is -0.120. The maximum Gasteiger partial charge on any atom is 0.262 e. The molecule has 8 nitrogen and oxygen atoms in total. The molecule has 1 atom stereocenters. The van der Waals surface area contributed by atoms with Crippen molar-refractivity contribution in [2.24, 2.45) is 18.9 Å². The van der Waals surface area contributed by atoms with Gasteiger partial charge in [-0.25, -0.2) is 18.4 Å². The number of thiazole rings is 1. The third-order valence-electron chi connectivity index (χ3n) is 6.48. The molecule has 3 heterocycles. The van der Waals surface area contributed by atoms with Crippen molar-refractivity contribution in [3.63, 3.8) is 0 Å². The van der Waals surface area contributed by atoms with Crippen LogP contribution in [0.1, 0.15) is 55.4 Å². The number of hydrogen-bond donors (Lipinski definition) is 1. The summed E-state index contributed by atoms with van der Waals surface area (Å²) in [6.45, 7) is 4.64. The molecule has 0 saturated carbocycles. The molecular weight excluding hydrogens is 434 g/mol. The maximum absolute atomic E-state index is 12.8. The minimum Gasteiger partial charge on any atom is -0.337 e. The summed E-state index contributed by atoms with van der Waals surface area (Å²) in [5.74, 6) is 1.13. The summed E-state index contributed by atoms with van der Waals surface area (Å²) in [7, 11) is -1.85. The van der Waals surface area contributed by atoms with Gasteiger partial charge in [-0.2, -0.15) is 4.31 Å². The van der Waals surface area contributed by atoms with Gasteiger partial charge in [-0.15, -0.1) is 11.3 Å². The number of aryl methyl sites for hydroxylation is 3. The van der Waals surface area contributed by atoms with E-state index in [0.29, 0.717) is 36.9 Å². The highest BCUT2D eigenvalue weighted by Gasteiger charge is 2.34. The van der Waals surface area contributed by atoms with E-state index in [4.69, 9.17) is 0 Å². The number of imidazole rings is 1. The quantitative estimate of drug-likeness (QED) is 0.707. The van der Waals surface area contributed by atoms with Crippen molar-refractivity contribution in [2.45, 2.75) is 63.8 Å². The highest BCUT2D eigenvalue weighted by atomic mass is 32.2. The molecular formula is C21H31N5O3S2. The molecule has 4 rings (SSSR count). The summed E-state index contributed by atoms with van der Waals surface area (Å²) < 4.78 is 28.8. The van der Waals surface area contributed by atoms with E-state index in [1.807, 2.05) is 0 Å². The number of aromatic nitrogens is 3. The Balaban J connectivity index is 1.34. The fourth-order valence-corrected chi connectivity index (χ4v) is 7.12. The van der Waals surface area contributed by atoms with Crippen LogP contribution >= 0.6 is 11.3 Å². The molecule has 2 aromatic rings. The van der Waals surface area contributed by atoms with Gasteiger partial charge in [0.15, 0.2) is 10.2 Å². The first-order chi connectivity index (χ1) is 14.8. The van der Waals surface area contributed by atoms with Crippen molar-refractivity contribution in [3.8, 4) is 0 Å². The monoisotopic (exact) mass is 465 g/mol. The molecule has 2 aromatic heterocycles. The van der Waals surface area contributed by atoms with Crippen LogP contribution in [0.25, 0.3) is 0 Å². The van der Waals surface area contributed by atoms with Gasteiger partial charge in [0.05, 0.1) is 5.69 Å². The van der Waals surface area contributed by atoms with E-state index in [9.17, 15) is 13.2 Å². The Labute approximate surface area is 188 Å². The number of sulfonamides is 1. The van der Waals surface area contributed by atoms with Gasteiger partial charge in [-0.3, -0.25) is 4.79 Å². The summed E-state index contributed by atoms with van der Waals surface area (Å²) in [5, 5.41) is 3.76. The Morgan fingerprint density at radius 3 is 2.65 bits per heavy atom. The molecule has 1 N–H and O–H groups in total. The van der Waals surface area contributed by atoms with Crippen molar-refractivity contribution in [3.05, 3.63) is 22.6 Å². The van der Waals surface area contributed by atoms with Crippen molar-refractivity contribution in [1.29, 1.82) is 0 Å². The summed E-state index contributed by atoms with van der Waals surface area (Å²) in [6, 6.07) is 0. The lowest BCUT2D eigenvalue weighted by Gasteiger charge is -2.29. The molecule has 31 heavy (non-hydrogen) atoms.